The number of rotatable bonds is 4. The first-order valence-corrected chi connectivity index (χ1v) is 5.01. The summed E-state index contributed by atoms with van der Waals surface area (Å²) in [5.74, 6) is 1.80. The van der Waals surface area contributed by atoms with Crippen molar-refractivity contribution in [3.8, 4) is 0 Å². The number of aromatic nitrogens is 2. The molecule has 5 nitrogen and oxygen atoms in total. The van der Waals surface area contributed by atoms with Crippen LogP contribution in [0.5, 0.6) is 0 Å². The van der Waals surface area contributed by atoms with Gasteiger partial charge < -0.3 is 14.6 Å². The quantitative estimate of drug-likeness (QED) is 0.769. The summed E-state index contributed by atoms with van der Waals surface area (Å²) >= 11 is 0. The summed E-state index contributed by atoms with van der Waals surface area (Å²) in [6, 6.07) is 0. The van der Waals surface area contributed by atoms with Crippen LogP contribution in [-0.4, -0.2) is 29.8 Å². The van der Waals surface area contributed by atoms with Crippen LogP contribution >= 0.6 is 0 Å². The van der Waals surface area contributed by atoms with Gasteiger partial charge in [-0.1, -0.05) is 5.16 Å². The molecule has 2 rings (SSSR count). The second kappa shape index (κ2) is 4.52. The first-order chi connectivity index (χ1) is 6.90. The minimum Gasteiger partial charge on any atom is -0.372 e. The molecule has 78 valence electrons. The van der Waals surface area contributed by atoms with Gasteiger partial charge in [-0.15, -0.1) is 0 Å². The molecule has 0 radical (unpaired) electrons. The minimum absolute atomic E-state index is 0.411. The lowest BCUT2D eigenvalue weighted by Crippen LogP contribution is -2.08. The van der Waals surface area contributed by atoms with Crippen molar-refractivity contribution < 1.29 is 9.26 Å². The first kappa shape index (κ1) is 9.61. The maximum atomic E-state index is 5.18. The zero-order valence-electron chi connectivity index (χ0n) is 8.32. The SMILES string of the molecule is CCOCc1nc([C@H]2CCNC2)no1. The number of ether oxygens (including phenoxy) is 1. The van der Waals surface area contributed by atoms with Crippen LogP contribution in [0.4, 0.5) is 0 Å². The van der Waals surface area contributed by atoms with Crippen molar-refractivity contribution in [2.24, 2.45) is 0 Å². The molecule has 1 fully saturated rings. The van der Waals surface area contributed by atoms with Gasteiger partial charge in [-0.25, -0.2) is 0 Å². The van der Waals surface area contributed by atoms with Gasteiger partial charge in [0.05, 0.1) is 0 Å². The third kappa shape index (κ3) is 2.10. The van der Waals surface area contributed by atoms with Crippen LogP contribution in [0.1, 0.15) is 31.0 Å². The van der Waals surface area contributed by atoms with Crippen LogP contribution in [0.25, 0.3) is 0 Å². The van der Waals surface area contributed by atoms with Gasteiger partial charge >= 0.3 is 0 Å². The molecule has 0 saturated carbocycles. The number of nitrogens with one attached hydrogen (secondary N) is 1. The molecule has 5 heteroatoms. The second-order valence-corrected chi connectivity index (χ2v) is 3.37. The Hall–Kier alpha value is -0.940. The molecule has 0 spiro atoms. The summed E-state index contributed by atoms with van der Waals surface area (Å²) in [5.41, 5.74) is 0. The molecule has 1 aliphatic heterocycles. The molecule has 1 atom stereocenters. The van der Waals surface area contributed by atoms with Crippen molar-refractivity contribution in [3.05, 3.63) is 11.7 Å². The van der Waals surface area contributed by atoms with E-state index in [1.165, 1.54) is 0 Å². The van der Waals surface area contributed by atoms with Crippen molar-refractivity contribution >= 4 is 0 Å². The Labute approximate surface area is 82.8 Å². The minimum atomic E-state index is 0.411. The van der Waals surface area contributed by atoms with Crippen molar-refractivity contribution in [1.82, 2.24) is 15.5 Å². The fourth-order valence-corrected chi connectivity index (χ4v) is 1.56. The van der Waals surface area contributed by atoms with Crippen LogP contribution < -0.4 is 5.32 Å². The standard InChI is InChI=1S/C9H15N3O2/c1-2-13-6-8-11-9(12-14-8)7-3-4-10-5-7/h7,10H,2-6H2,1H3/t7-/m0/s1. The van der Waals surface area contributed by atoms with E-state index in [9.17, 15) is 0 Å². The molecule has 0 unspecified atom stereocenters. The number of nitrogens with zero attached hydrogens (tertiary/aromatic N) is 2. The third-order valence-corrected chi connectivity index (χ3v) is 2.34. The maximum absolute atomic E-state index is 5.18. The fourth-order valence-electron chi connectivity index (χ4n) is 1.56. The lowest BCUT2D eigenvalue weighted by molar-refractivity contribution is 0.109. The molecule has 1 aromatic rings. The molecule has 1 aromatic heterocycles. The van der Waals surface area contributed by atoms with E-state index >= 15 is 0 Å². The van der Waals surface area contributed by atoms with Crippen LogP contribution in [0.2, 0.25) is 0 Å². The lowest BCUT2D eigenvalue weighted by Gasteiger charge is -1.98. The normalized spacial score (nSPS) is 21.6. The molecule has 14 heavy (non-hydrogen) atoms. The number of hydrogen-bond donors (Lipinski definition) is 1. The highest BCUT2D eigenvalue weighted by molar-refractivity contribution is 4.99. The van der Waals surface area contributed by atoms with E-state index in [1.54, 1.807) is 0 Å². The Bertz CT molecular complexity index is 281. The Morgan fingerprint density at radius 1 is 1.64 bits per heavy atom. The van der Waals surface area contributed by atoms with Crippen LogP contribution in [0.3, 0.4) is 0 Å². The maximum Gasteiger partial charge on any atom is 0.252 e. The summed E-state index contributed by atoms with van der Waals surface area (Å²) in [5, 5.41) is 7.22. The highest BCUT2D eigenvalue weighted by atomic mass is 16.5. The van der Waals surface area contributed by atoms with Gasteiger partial charge in [-0.2, -0.15) is 4.98 Å². The highest BCUT2D eigenvalue weighted by Crippen LogP contribution is 2.19. The van der Waals surface area contributed by atoms with Gasteiger partial charge in [0, 0.05) is 19.1 Å². The third-order valence-electron chi connectivity index (χ3n) is 2.34. The van der Waals surface area contributed by atoms with Gasteiger partial charge in [0.15, 0.2) is 5.82 Å². The van der Waals surface area contributed by atoms with E-state index in [1.807, 2.05) is 6.92 Å². The number of hydrogen-bond acceptors (Lipinski definition) is 5. The smallest absolute Gasteiger partial charge is 0.252 e. The van der Waals surface area contributed by atoms with Crippen molar-refractivity contribution in [3.63, 3.8) is 0 Å². The van der Waals surface area contributed by atoms with Gasteiger partial charge in [0.1, 0.15) is 6.61 Å². The van der Waals surface area contributed by atoms with E-state index in [0.717, 1.165) is 25.3 Å². The monoisotopic (exact) mass is 197 g/mol. The second-order valence-electron chi connectivity index (χ2n) is 3.37. The molecule has 1 saturated heterocycles. The van der Waals surface area contributed by atoms with E-state index in [2.05, 4.69) is 15.5 Å². The Morgan fingerprint density at radius 3 is 3.29 bits per heavy atom. The summed E-state index contributed by atoms with van der Waals surface area (Å²) in [6.45, 7) is 5.03. The van der Waals surface area contributed by atoms with Crippen LogP contribution in [0, 0.1) is 0 Å². The van der Waals surface area contributed by atoms with Gasteiger partial charge in [-0.05, 0) is 19.9 Å². The summed E-state index contributed by atoms with van der Waals surface area (Å²) < 4.78 is 10.2. The zero-order chi connectivity index (χ0) is 9.80. The lowest BCUT2D eigenvalue weighted by atomic mass is 10.1. The molecular weight excluding hydrogens is 182 g/mol. The van der Waals surface area contributed by atoms with E-state index < -0.39 is 0 Å². The van der Waals surface area contributed by atoms with Crippen molar-refractivity contribution in [1.29, 1.82) is 0 Å². The fraction of sp³-hybridized carbons (Fsp3) is 0.778. The first-order valence-electron chi connectivity index (χ1n) is 5.01. The molecule has 0 aliphatic carbocycles. The van der Waals surface area contributed by atoms with Crippen molar-refractivity contribution in [2.75, 3.05) is 19.7 Å². The molecule has 2 heterocycles. The zero-order valence-corrected chi connectivity index (χ0v) is 8.32. The van der Waals surface area contributed by atoms with E-state index in [-0.39, 0.29) is 0 Å². The Balaban J connectivity index is 1.94. The predicted molar refractivity (Wildman–Crippen MR) is 49.9 cm³/mol. The topological polar surface area (TPSA) is 60.2 Å². The highest BCUT2D eigenvalue weighted by Gasteiger charge is 2.21. The Morgan fingerprint density at radius 2 is 2.57 bits per heavy atom. The van der Waals surface area contributed by atoms with Crippen LogP contribution in [0.15, 0.2) is 4.52 Å². The summed E-state index contributed by atoms with van der Waals surface area (Å²) in [7, 11) is 0. The van der Waals surface area contributed by atoms with E-state index in [4.69, 9.17) is 9.26 Å². The van der Waals surface area contributed by atoms with Crippen LogP contribution in [-0.2, 0) is 11.3 Å². The van der Waals surface area contributed by atoms with Gasteiger partial charge in [-0.3, -0.25) is 0 Å². The molecular formula is C9H15N3O2. The molecule has 0 amide bonds. The van der Waals surface area contributed by atoms with Gasteiger partial charge in [0.2, 0.25) is 0 Å². The largest absolute Gasteiger partial charge is 0.372 e. The van der Waals surface area contributed by atoms with E-state index in [0.29, 0.717) is 25.0 Å². The Kier molecular flexibility index (Phi) is 3.10. The molecule has 1 N–H and O–H groups in total. The van der Waals surface area contributed by atoms with Crippen molar-refractivity contribution in [2.45, 2.75) is 25.9 Å². The molecule has 0 aromatic carbocycles. The summed E-state index contributed by atoms with van der Waals surface area (Å²) in [4.78, 5) is 4.29. The summed E-state index contributed by atoms with van der Waals surface area (Å²) in [6.07, 6.45) is 1.09. The van der Waals surface area contributed by atoms with Gasteiger partial charge in [0.25, 0.3) is 5.89 Å². The molecule has 1 aliphatic rings. The molecule has 0 bridgehead atoms. The predicted octanol–water partition coefficient (Wildman–Crippen LogP) is 0.683. The average molecular weight is 197 g/mol. The average Bonchev–Trinajstić information content (AvgIpc) is 2.85.